The molecule has 0 radical (unpaired) electrons. The molecule has 0 aromatic heterocycles. The number of carbonyl (C=O) groups is 3. The number of methoxy groups -OCH3 is 1. The zero-order valence-corrected chi connectivity index (χ0v) is 10.9. The van der Waals surface area contributed by atoms with E-state index in [1.165, 1.54) is 7.11 Å². The van der Waals surface area contributed by atoms with E-state index in [4.69, 9.17) is 4.74 Å². The highest BCUT2D eigenvalue weighted by atomic mass is 16.5. The molecule has 7 heteroatoms. The highest BCUT2D eigenvalue weighted by Gasteiger charge is 2.27. The molecule has 0 spiro atoms. The molecule has 0 saturated carbocycles. The van der Waals surface area contributed by atoms with Crippen LogP contribution in [0.25, 0.3) is 0 Å². The topological polar surface area (TPSA) is 96.5 Å². The normalized spacial score (nSPS) is 18.1. The Morgan fingerprint density at radius 1 is 1.40 bits per heavy atom. The number of nitrogens with one attached hydrogen (secondary N) is 3. The highest BCUT2D eigenvalue weighted by Crippen LogP contribution is 2.16. The molecule has 1 atom stereocenters. The number of hydrogen-bond donors (Lipinski definition) is 3. The van der Waals surface area contributed by atoms with Crippen LogP contribution in [0.3, 0.4) is 0 Å². The van der Waals surface area contributed by atoms with Gasteiger partial charge in [-0.25, -0.2) is 4.79 Å². The van der Waals surface area contributed by atoms with Gasteiger partial charge in [0.2, 0.25) is 11.8 Å². The molecule has 1 aliphatic rings. The second-order valence-electron chi connectivity index (χ2n) is 4.33. The van der Waals surface area contributed by atoms with Gasteiger partial charge in [-0.3, -0.25) is 14.9 Å². The van der Waals surface area contributed by atoms with Crippen LogP contribution in [0, 0.1) is 0 Å². The van der Waals surface area contributed by atoms with E-state index in [9.17, 15) is 14.4 Å². The minimum Gasteiger partial charge on any atom is -0.497 e. The Labute approximate surface area is 115 Å². The molecule has 1 aliphatic heterocycles. The van der Waals surface area contributed by atoms with Crippen molar-refractivity contribution < 1.29 is 19.1 Å². The van der Waals surface area contributed by atoms with Crippen molar-refractivity contribution in [1.29, 1.82) is 0 Å². The summed E-state index contributed by atoms with van der Waals surface area (Å²) in [6, 6.07) is 5.64. The number of imide groups is 1. The second-order valence-corrected chi connectivity index (χ2v) is 4.33. The number of amides is 4. The third-order valence-electron chi connectivity index (χ3n) is 2.87. The zero-order valence-electron chi connectivity index (χ0n) is 10.9. The van der Waals surface area contributed by atoms with Crippen LogP contribution >= 0.6 is 0 Å². The van der Waals surface area contributed by atoms with Crippen LogP contribution in [-0.2, 0) is 9.59 Å². The average Bonchev–Trinajstić information content (AvgIpc) is 2.42. The molecule has 1 heterocycles. The van der Waals surface area contributed by atoms with Gasteiger partial charge in [-0.1, -0.05) is 6.07 Å². The van der Waals surface area contributed by atoms with Crippen molar-refractivity contribution in [3.05, 3.63) is 24.3 Å². The van der Waals surface area contributed by atoms with Gasteiger partial charge in [0.25, 0.3) is 0 Å². The predicted molar refractivity (Wildman–Crippen MR) is 71.3 cm³/mol. The summed E-state index contributed by atoms with van der Waals surface area (Å²) in [5.41, 5.74) is 0.550. The van der Waals surface area contributed by atoms with E-state index in [1.54, 1.807) is 24.3 Å². The van der Waals surface area contributed by atoms with Crippen molar-refractivity contribution in [2.75, 3.05) is 12.4 Å². The van der Waals surface area contributed by atoms with Gasteiger partial charge in [-0.05, 0) is 18.6 Å². The number of piperidine rings is 1. The van der Waals surface area contributed by atoms with Gasteiger partial charge in [0.1, 0.15) is 11.8 Å². The first-order chi connectivity index (χ1) is 9.58. The molecule has 1 aromatic carbocycles. The molecule has 1 saturated heterocycles. The first-order valence-corrected chi connectivity index (χ1v) is 6.14. The fraction of sp³-hybridized carbons (Fsp3) is 0.308. The van der Waals surface area contributed by atoms with Gasteiger partial charge >= 0.3 is 6.03 Å². The Bertz CT molecular complexity index is 544. The van der Waals surface area contributed by atoms with E-state index in [0.29, 0.717) is 17.9 Å². The van der Waals surface area contributed by atoms with Crippen LogP contribution in [0.5, 0.6) is 5.75 Å². The van der Waals surface area contributed by atoms with Crippen LogP contribution < -0.4 is 20.7 Å². The molecule has 106 valence electrons. The third-order valence-corrected chi connectivity index (χ3v) is 2.87. The lowest BCUT2D eigenvalue weighted by Gasteiger charge is -2.21. The van der Waals surface area contributed by atoms with Gasteiger partial charge in [0, 0.05) is 18.2 Å². The number of rotatable bonds is 3. The number of carbonyl (C=O) groups excluding carboxylic acids is 3. The third kappa shape index (κ3) is 3.47. The monoisotopic (exact) mass is 277 g/mol. The van der Waals surface area contributed by atoms with Crippen molar-refractivity contribution in [3.63, 3.8) is 0 Å². The molecule has 0 bridgehead atoms. The molecule has 1 unspecified atom stereocenters. The summed E-state index contributed by atoms with van der Waals surface area (Å²) >= 11 is 0. The Morgan fingerprint density at radius 3 is 2.90 bits per heavy atom. The predicted octanol–water partition coefficient (Wildman–Crippen LogP) is 0.622. The minimum atomic E-state index is -0.696. The van der Waals surface area contributed by atoms with E-state index >= 15 is 0 Å². The van der Waals surface area contributed by atoms with Crippen LogP contribution in [0.15, 0.2) is 24.3 Å². The Hall–Kier alpha value is -2.57. The SMILES string of the molecule is COc1cccc(NC(=O)NC2CCC(=O)NC2=O)c1. The molecule has 0 aliphatic carbocycles. The van der Waals surface area contributed by atoms with Crippen molar-refractivity contribution in [1.82, 2.24) is 10.6 Å². The van der Waals surface area contributed by atoms with E-state index in [2.05, 4.69) is 16.0 Å². The smallest absolute Gasteiger partial charge is 0.319 e. The standard InChI is InChI=1S/C13H15N3O4/c1-20-9-4-2-3-8(7-9)14-13(19)15-10-5-6-11(17)16-12(10)18/h2-4,7,10H,5-6H2,1H3,(H2,14,15,19)(H,16,17,18). The van der Waals surface area contributed by atoms with E-state index in [-0.39, 0.29) is 12.3 Å². The lowest BCUT2D eigenvalue weighted by atomic mass is 10.1. The number of ether oxygens (including phenoxy) is 1. The summed E-state index contributed by atoms with van der Waals surface area (Å²) in [5.74, 6) is -0.188. The van der Waals surface area contributed by atoms with E-state index in [0.717, 1.165) is 0 Å². The maximum atomic E-state index is 11.8. The van der Waals surface area contributed by atoms with Gasteiger partial charge in [-0.2, -0.15) is 0 Å². The molecule has 20 heavy (non-hydrogen) atoms. The van der Waals surface area contributed by atoms with Gasteiger partial charge in [0.05, 0.1) is 7.11 Å². The second kappa shape index (κ2) is 6.05. The fourth-order valence-electron chi connectivity index (χ4n) is 1.86. The van der Waals surface area contributed by atoms with E-state index in [1.807, 2.05) is 0 Å². The number of anilines is 1. The summed E-state index contributed by atoms with van der Waals surface area (Å²) in [6.07, 6.45) is 0.520. The molecule has 4 amide bonds. The summed E-state index contributed by atoms with van der Waals surface area (Å²) in [4.78, 5) is 34.3. The average molecular weight is 277 g/mol. The molecule has 2 rings (SSSR count). The summed E-state index contributed by atoms with van der Waals surface area (Å²) in [5, 5.41) is 7.30. The largest absolute Gasteiger partial charge is 0.497 e. The van der Waals surface area contributed by atoms with Crippen molar-refractivity contribution in [2.24, 2.45) is 0 Å². The van der Waals surface area contributed by atoms with Crippen LogP contribution in [0.4, 0.5) is 10.5 Å². The Morgan fingerprint density at radius 2 is 2.20 bits per heavy atom. The molecule has 1 aromatic rings. The summed E-state index contributed by atoms with van der Waals surface area (Å²) < 4.78 is 5.04. The minimum absolute atomic E-state index is 0.218. The maximum absolute atomic E-state index is 11.8. The van der Waals surface area contributed by atoms with Gasteiger partial charge in [-0.15, -0.1) is 0 Å². The van der Waals surface area contributed by atoms with Gasteiger partial charge < -0.3 is 15.4 Å². The first kappa shape index (κ1) is 13.9. The summed E-state index contributed by atoms with van der Waals surface area (Å²) in [6.45, 7) is 0. The molecular formula is C13H15N3O4. The first-order valence-electron chi connectivity index (χ1n) is 6.14. The number of hydrogen-bond acceptors (Lipinski definition) is 4. The maximum Gasteiger partial charge on any atom is 0.319 e. The molecular weight excluding hydrogens is 262 g/mol. The number of benzene rings is 1. The lowest BCUT2D eigenvalue weighted by Crippen LogP contribution is -2.53. The van der Waals surface area contributed by atoms with Gasteiger partial charge in [0.15, 0.2) is 0 Å². The molecule has 3 N–H and O–H groups in total. The quantitative estimate of drug-likeness (QED) is 0.706. The Kier molecular flexibility index (Phi) is 4.19. The summed E-state index contributed by atoms with van der Waals surface area (Å²) in [7, 11) is 1.53. The van der Waals surface area contributed by atoms with Crippen LogP contribution in [0.2, 0.25) is 0 Å². The van der Waals surface area contributed by atoms with Crippen LogP contribution in [0.1, 0.15) is 12.8 Å². The van der Waals surface area contributed by atoms with Crippen molar-refractivity contribution in [2.45, 2.75) is 18.9 Å². The molecule has 7 nitrogen and oxygen atoms in total. The van der Waals surface area contributed by atoms with Crippen molar-refractivity contribution >= 4 is 23.5 Å². The Balaban J connectivity index is 1.92. The highest BCUT2D eigenvalue weighted by molar-refractivity contribution is 6.02. The number of urea groups is 1. The fourth-order valence-corrected chi connectivity index (χ4v) is 1.86. The lowest BCUT2D eigenvalue weighted by molar-refractivity contribution is -0.134. The van der Waals surface area contributed by atoms with Crippen LogP contribution in [-0.4, -0.2) is 31.0 Å². The molecule has 1 fully saturated rings. The van der Waals surface area contributed by atoms with Crippen molar-refractivity contribution in [3.8, 4) is 5.75 Å². The van der Waals surface area contributed by atoms with E-state index < -0.39 is 18.0 Å². The zero-order chi connectivity index (χ0) is 14.5.